The Kier molecular flexibility index (Phi) is 5.74. The minimum atomic E-state index is -2.77. The molecule has 0 fully saturated rings. The first-order valence-electron chi connectivity index (χ1n) is 8.70. The average molecular weight is 415 g/mol. The van der Waals surface area contributed by atoms with Crippen molar-refractivity contribution in [2.24, 2.45) is 0 Å². The summed E-state index contributed by atoms with van der Waals surface area (Å²) in [5.74, 6) is 0. The Morgan fingerprint density at radius 2 is 0.960 bits per heavy atom. The van der Waals surface area contributed by atoms with Gasteiger partial charge in [-0.3, -0.25) is 0 Å². The van der Waals surface area contributed by atoms with Crippen LogP contribution in [0, 0.1) is 0 Å². The van der Waals surface area contributed by atoms with Crippen LogP contribution in [0.1, 0.15) is 12.8 Å². The van der Waals surface area contributed by atoms with E-state index in [0.717, 1.165) is 19.0 Å². The van der Waals surface area contributed by atoms with E-state index in [2.05, 4.69) is 106 Å². The molecule has 0 radical (unpaired) electrons. The molecule has 0 saturated heterocycles. The van der Waals surface area contributed by atoms with Crippen LogP contribution in [-0.4, -0.2) is 17.9 Å². The Hall–Kier alpha value is -1.47. The maximum absolute atomic E-state index is 9.36. The molecule has 0 bridgehead atoms. The van der Waals surface area contributed by atoms with Crippen molar-refractivity contribution in [2.45, 2.75) is 12.8 Å². The van der Waals surface area contributed by atoms with E-state index in [0.29, 0.717) is 0 Å². The molecule has 0 amide bonds. The number of hydrogen-bond donors (Lipinski definition) is 1. The van der Waals surface area contributed by atoms with Crippen LogP contribution in [0.2, 0.25) is 0 Å². The van der Waals surface area contributed by atoms with Crippen LogP contribution in [0.25, 0.3) is 0 Å². The molecule has 130 valence electrons. The fraction of sp³-hybridized carbons (Fsp3) is 0.182. The fourth-order valence-corrected chi connectivity index (χ4v) is 11.3. The average Bonchev–Trinajstić information content (AvgIpc) is 2.70. The van der Waals surface area contributed by atoms with Crippen molar-refractivity contribution in [3.05, 3.63) is 91.0 Å². The molecule has 0 aromatic heterocycles. The summed E-state index contributed by atoms with van der Waals surface area (Å²) in [5.41, 5.74) is 0. The Balaban J connectivity index is 2.32. The van der Waals surface area contributed by atoms with E-state index >= 15 is 0 Å². The second kappa shape index (κ2) is 7.83. The molecule has 3 heteroatoms. The van der Waals surface area contributed by atoms with Crippen molar-refractivity contribution in [3.63, 3.8) is 0 Å². The molecule has 0 saturated carbocycles. The predicted molar refractivity (Wildman–Crippen MR) is 115 cm³/mol. The minimum absolute atomic E-state index is 0.234. The number of rotatable bonds is 7. The van der Waals surface area contributed by atoms with Gasteiger partial charge < -0.3 is 0 Å². The molecule has 0 aliphatic carbocycles. The summed E-state index contributed by atoms with van der Waals surface area (Å²) in [6.07, 6.45) is 2.78. The molecule has 3 aromatic carbocycles. The Labute approximate surface area is 158 Å². The summed E-state index contributed by atoms with van der Waals surface area (Å²) in [6.45, 7) is 0.234. The van der Waals surface area contributed by atoms with Gasteiger partial charge in [0.1, 0.15) is 0 Å². The molecular weight excluding hydrogens is 391 g/mol. The summed E-state index contributed by atoms with van der Waals surface area (Å²) < 4.78 is 0. The van der Waals surface area contributed by atoms with Gasteiger partial charge in [0, 0.05) is 0 Å². The van der Waals surface area contributed by atoms with Crippen LogP contribution in [0.5, 0.6) is 0 Å². The number of unbranched alkanes of at least 4 members (excludes halogenated alkanes) is 1. The van der Waals surface area contributed by atoms with Crippen LogP contribution in [0.15, 0.2) is 91.0 Å². The summed E-state index contributed by atoms with van der Waals surface area (Å²) in [7, 11) is 0. The van der Waals surface area contributed by atoms with E-state index in [1.54, 1.807) is 0 Å². The molecular formula is C22H24BrOP. The number of halogens is 1. The van der Waals surface area contributed by atoms with Crippen molar-refractivity contribution >= 4 is 36.7 Å². The van der Waals surface area contributed by atoms with Gasteiger partial charge in [0.25, 0.3) is 0 Å². The quantitative estimate of drug-likeness (QED) is 0.442. The Morgan fingerprint density at radius 3 is 1.28 bits per heavy atom. The van der Waals surface area contributed by atoms with E-state index in [4.69, 9.17) is 0 Å². The molecule has 0 aliphatic rings. The van der Waals surface area contributed by atoms with Crippen LogP contribution >= 0.6 is 20.8 Å². The van der Waals surface area contributed by atoms with Gasteiger partial charge in [-0.1, -0.05) is 0 Å². The molecule has 0 atom stereocenters. The zero-order chi connectivity index (χ0) is 17.6. The third-order valence-corrected chi connectivity index (χ3v) is 14.9. The van der Waals surface area contributed by atoms with Crippen LogP contribution < -0.4 is 15.9 Å². The molecule has 3 aromatic rings. The molecule has 1 N–H and O–H groups in total. The number of hydrogen-bond acceptors (Lipinski definition) is 1. The van der Waals surface area contributed by atoms with Gasteiger partial charge in [-0.05, 0) is 0 Å². The topological polar surface area (TPSA) is 20.2 Å². The number of benzene rings is 3. The van der Waals surface area contributed by atoms with E-state index in [1.807, 2.05) is 0 Å². The van der Waals surface area contributed by atoms with Gasteiger partial charge in [0.15, 0.2) is 0 Å². The Morgan fingerprint density at radius 1 is 0.600 bits per heavy atom. The second-order valence-electron chi connectivity index (χ2n) is 6.34. The Bertz CT molecular complexity index is 691. The van der Waals surface area contributed by atoms with Gasteiger partial charge >= 0.3 is 158 Å². The number of aliphatic hydroxyl groups excluding tert-OH is 1. The van der Waals surface area contributed by atoms with Crippen molar-refractivity contribution < 1.29 is 5.11 Å². The molecule has 1 nitrogen and oxygen atoms in total. The molecule has 3 rings (SSSR count). The van der Waals surface area contributed by atoms with Crippen LogP contribution in [0.3, 0.4) is 0 Å². The normalized spacial score (nSPS) is 13.1. The first-order valence-corrected chi connectivity index (χ1v) is 13.1. The first-order chi connectivity index (χ1) is 12.2. The van der Waals surface area contributed by atoms with E-state index in [-0.39, 0.29) is 6.61 Å². The SMILES string of the molecule is OCCCCP(Br)(c1ccccc1)(c1ccccc1)c1ccccc1. The molecule has 0 aliphatic heterocycles. The third kappa shape index (κ3) is 3.31. The third-order valence-electron chi connectivity index (χ3n) is 4.87. The molecule has 0 heterocycles. The van der Waals surface area contributed by atoms with Gasteiger partial charge in [0.2, 0.25) is 0 Å². The van der Waals surface area contributed by atoms with E-state index in [9.17, 15) is 5.11 Å². The van der Waals surface area contributed by atoms with Gasteiger partial charge in [-0.25, -0.2) is 0 Å². The summed E-state index contributed by atoms with van der Waals surface area (Å²) >= 11 is 4.40. The van der Waals surface area contributed by atoms with Crippen molar-refractivity contribution in [3.8, 4) is 0 Å². The van der Waals surface area contributed by atoms with Crippen molar-refractivity contribution in [1.82, 2.24) is 0 Å². The summed E-state index contributed by atoms with van der Waals surface area (Å²) in [4.78, 5) is 0. The van der Waals surface area contributed by atoms with E-state index in [1.165, 1.54) is 15.9 Å². The monoisotopic (exact) mass is 414 g/mol. The number of aliphatic hydroxyl groups is 1. The summed E-state index contributed by atoms with van der Waals surface area (Å²) in [5, 5.41) is 10.6. The van der Waals surface area contributed by atoms with Gasteiger partial charge in [-0.2, -0.15) is 0 Å². The molecule has 0 unspecified atom stereocenters. The van der Waals surface area contributed by atoms with Crippen molar-refractivity contribution in [1.29, 1.82) is 0 Å². The maximum atomic E-state index is 9.36. The standard InChI is InChI=1S/C22H24BrOP/c23-25(19-11-10-18-24,20-12-4-1-5-13-20,21-14-6-2-7-15-21)22-16-8-3-9-17-22/h1-9,12-17,24H,10-11,18-19H2. The first kappa shape index (κ1) is 18.3. The molecule has 0 spiro atoms. The van der Waals surface area contributed by atoms with Gasteiger partial charge in [0.05, 0.1) is 0 Å². The predicted octanol–water partition coefficient (Wildman–Crippen LogP) is 4.60. The zero-order valence-corrected chi connectivity index (χ0v) is 16.7. The zero-order valence-electron chi connectivity index (χ0n) is 14.3. The fourth-order valence-electron chi connectivity index (χ4n) is 3.57. The van der Waals surface area contributed by atoms with Gasteiger partial charge in [-0.15, -0.1) is 0 Å². The van der Waals surface area contributed by atoms with Crippen LogP contribution in [-0.2, 0) is 0 Å². The van der Waals surface area contributed by atoms with Crippen molar-refractivity contribution in [2.75, 3.05) is 12.8 Å². The molecule has 25 heavy (non-hydrogen) atoms. The summed E-state index contributed by atoms with van der Waals surface area (Å²) in [6, 6.07) is 32.4. The van der Waals surface area contributed by atoms with E-state index < -0.39 is 5.31 Å². The second-order valence-corrected chi connectivity index (χ2v) is 15.4. The van der Waals surface area contributed by atoms with Crippen LogP contribution in [0.4, 0.5) is 0 Å².